The fourth-order valence-electron chi connectivity index (χ4n) is 2.88. The number of nitrogens with one attached hydrogen (secondary N) is 1. The first-order valence-electron chi connectivity index (χ1n) is 8.63. The minimum atomic E-state index is -1.19. The molecule has 1 atom stereocenters. The van der Waals surface area contributed by atoms with E-state index in [0.717, 1.165) is 17.0 Å². The predicted octanol–water partition coefficient (Wildman–Crippen LogP) is -0.898. The summed E-state index contributed by atoms with van der Waals surface area (Å²) in [6.45, 7) is 0.433. The van der Waals surface area contributed by atoms with Crippen molar-refractivity contribution in [1.29, 1.82) is 0 Å². The Kier molecular flexibility index (Phi) is 6.72. The number of rotatable bonds is 8. The second kappa shape index (κ2) is 9.22. The number of carbonyl (C=O) groups excluding carboxylic acids is 1. The van der Waals surface area contributed by atoms with Crippen LogP contribution in [0.2, 0.25) is 0 Å². The molecule has 1 aromatic carbocycles. The number of aliphatic hydroxyl groups excluding tert-OH is 1. The van der Waals surface area contributed by atoms with Crippen LogP contribution < -0.4 is 15.7 Å². The molecular formula is C16H22BN5O4S. The van der Waals surface area contributed by atoms with Gasteiger partial charge >= 0.3 is 7.12 Å². The number of nitrogens with zero attached hydrogens (tertiary/aromatic N) is 3. The van der Waals surface area contributed by atoms with Crippen molar-refractivity contribution in [3.63, 3.8) is 0 Å². The first kappa shape index (κ1) is 19.7. The molecule has 0 radical (unpaired) electrons. The van der Waals surface area contributed by atoms with Gasteiger partial charge in [-0.1, -0.05) is 23.4 Å². The number of carbonyl (C=O) groups is 1. The number of amides is 1. The number of aliphatic hydroxyl groups is 1. The molecule has 3 rings (SSSR count). The van der Waals surface area contributed by atoms with Crippen LogP contribution in [0.5, 0.6) is 5.75 Å². The molecule has 1 aliphatic rings. The third kappa shape index (κ3) is 5.01. The number of benzene rings is 1. The Morgan fingerprint density at radius 1 is 1.52 bits per heavy atom. The van der Waals surface area contributed by atoms with E-state index in [-0.39, 0.29) is 19.1 Å². The van der Waals surface area contributed by atoms with Crippen LogP contribution in [0.3, 0.4) is 0 Å². The summed E-state index contributed by atoms with van der Waals surface area (Å²) in [7, 11) is -1.19. The summed E-state index contributed by atoms with van der Waals surface area (Å²) in [5.74, 6) is 1.14. The monoisotopic (exact) mass is 391 g/mol. The average molecular weight is 391 g/mol. The zero-order valence-corrected chi connectivity index (χ0v) is 15.6. The zero-order valence-electron chi connectivity index (χ0n) is 14.7. The van der Waals surface area contributed by atoms with Gasteiger partial charge in [0.05, 0.1) is 18.2 Å². The maximum absolute atomic E-state index is 12.3. The van der Waals surface area contributed by atoms with Crippen molar-refractivity contribution in [2.24, 2.45) is 5.73 Å². The van der Waals surface area contributed by atoms with Gasteiger partial charge in [-0.25, -0.2) is 4.68 Å². The quantitative estimate of drug-likeness (QED) is 0.336. The highest BCUT2D eigenvalue weighted by molar-refractivity contribution is 7.98. The molecule has 1 amide bonds. The second-order valence-electron chi connectivity index (χ2n) is 6.20. The molecule has 0 bridgehead atoms. The molecule has 1 aliphatic heterocycles. The predicted molar refractivity (Wildman–Crippen MR) is 102 cm³/mol. The highest BCUT2D eigenvalue weighted by Crippen LogP contribution is 2.30. The van der Waals surface area contributed by atoms with Crippen LogP contribution in [0.1, 0.15) is 16.8 Å². The Labute approximate surface area is 161 Å². The lowest BCUT2D eigenvalue weighted by Gasteiger charge is -2.29. The van der Waals surface area contributed by atoms with Gasteiger partial charge in [0.1, 0.15) is 12.3 Å². The number of para-hydroxylation sites is 1. The van der Waals surface area contributed by atoms with Crippen LogP contribution in [0.4, 0.5) is 0 Å². The van der Waals surface area contributed by atoms with Gasteiger partial charge in [-0.15, -0.1) is 5.10 Å². The van der Waals surface area contributed by atoms with Gasteiger partial charge in [-0.3, -0.25) is 4.79 Å². The van der Waals surface area contributed by atoms with Gasteiger partial charge in [0.2, 0.25) is 5.91 Å². The van der Waals surface area contributed by atoms with Crippen LogP contribution in [0.25, 0.3) is 0 Å². The standard InChI is InChI=1S/C16H22BN5O4S/c18-4-5-27-10-13-7-22(21-20-13)8-15(24)19-14-6-11-2-1-3-12(9-23)16(11)26-17(14)25/h1-3,7,14,23,25H,4-6,8-10,18H2,(H,19,24)/t14-/m0/s1. The Morgan fingerprint density at radius 3 is 3.15 bits per heavy atom. The van der Waals surface area contributed by atoms with Gasteiger partial charge < -0.3 is 25.8 Å². The summed E-state index contributed by atoms with van der Waals surface area (Å²) in [4.78, 5) is 12.3. The van der Waals surface area contributed by atoms with Crippen molar-refractivity contribution in [3.8, 4) is 5.75 Å². The first-order chi connectivity index (χ1) is 13.1. The third-order valence-electron chi connectivity index (χ3n) is 4.12. The Hall–Kier alpha value is -2.08. The molecule has 2 aromatic rings. The average Bonchev–Trinajstić information content (AvgIpc) is 3.09. The van der Waals surface area contributed by atoms with Crippen LogP contribution >= 0.6 is 11.8 Å². The fraction of sp³-hybridized carbons (Fsp3) is 0.438. The van der Waals surface area contributed by atoms with E-state index in [1.165, 1.54) is 4.68 Å². The molecule has 0 unspecified atom stereocenters. The number of aromatic nitrogens is 3. The lowest BCUT2D eigenvalue weighted by atomic mass is 9.72. The van der Waals surface area contributed by atoms with Gasteiger partial charge in [0.15, 0.2) is 0 Å². The SMILES string of the molecule is NCCSCc1cn(CC(=O)N[C@H]2Cc3cccc(CO)c3OB2O)nn1. The van der Waals surface area contributed by atoms with E-state index < -0.39 is 13.1 Å². The molecule has 9 nitrogen and oxygen atoms in total. The molecule has 5 N–H and O–H groups in total. The molecule has 0 saturated heterocycles. The summed E-state index contributed by atoms with van der Waals surface area (Å²) in [6, 6.07) is 5.39. The smallest absolute Gasteiger partial charge is 0.534 e. The third-order valence-corrected chi connectivity index (χ3v) is 5.15. The number of hydrogen-bond acceptors (Lipinski definition) is 8. The molecule has 0 spiro atoms. The summed E-state index contributed by atoms with van der Waals surface area (Å²) < 4.78 is 6.97. The summed E-state index contributed by atoms with van der Waals surface area (Å²) in [6.07, 6.45) is 2.13. The lowest BCUT2D eigenvalue weighted by molar-refractivity contribution is -0.122. The summed E-state index contributed by atoms with van der Waals surface area (Å²) >= 11 is 1.65. The lowest BCUT2D eigenvalue weighted by Crippen LogP contribution is -2.53. The van der Waals surface area contributed by atoms with Crippen molar-refractivity contribution in [2.45, 2.75) is 31.3 Å². The Morgan fingerprint density at radius 2 is 2.37 bits per heavy atom. The maximum Gasteiger partial charge on any atom is 0.547 e. The highest BCUT2D eigenvalue weighted by atomic mass is 32.2. The van der Waals surface area contributed by atoms with E-state index in [0.29, 0.717) is 30.0 Å². The van der Waals surface area contributed by atoms with Gasteiger partial charge in [-0.2, -0.15) is 11.8 Å². The fourth-order valence-corrected chi connectivity index (χ4v) is 3.53. The molecular weight excluding hydrogens is 369 g/mol. The van der Waals surface area contributed by atoms with Gasteiger partial charge in [0, 0.05) is 29.8 Å². The Bertz CT molecular complexity index is 790. The van der Waals surface area contributed by atoms with Gasteiger partial charge in [0.25, 0.3) is 0 Å². The van der Waals surface area contributed by atoms with E-state index in [4.69, 9.17) is 10.4 Å². The van der Waals surface area contributed by atoms with E-state index in [1.54, 1.807) is 24.0 Å². The first-order valence-corrected chi connectivity index (χ1v) is 9.78. The highest BCUT2D eigenvalue weighted by Gasteiger charge is 2.36. The summed E-state index contributed by atoms with van der Waals surface area (Å²) in [5.41, 5.74) is 7.68. The van der Waals surface area contributed by atoms with E-state index in [1.807, 2.05) is 12.1 Å². The van der Waals surface area contributed by atoms with E-state index in [2.05, 4.69) is 15.6 Å². The maximum atomic E-state index is 12.3. The molecule has 0 aliphatic carbocycles. The normalized spacial score (nSPS) is 16.0. The zero-order chi connectivity index (χ0) is 19.2. The second-order valence-corrected chi connectivity index (χ2v) is 7.30. The van der Waals surface area contributed by atoms with Crippen LogP contribution in [0.15, 0.2) is 24.4 Å². The van der Waals surface area contributed by atoms with Crippen molar-refractivity contribution in [1.82, 2.24) is 20.3 Å². The molecule has 27 heavy (non-hydrogen) atoms. The molecule has 1 aromatic heterocycles. The molecule has 2 heterocycles. The summed E-state index contributed by atoms with van der Waals surface area (Å²) in [5, 5.41) is 30.3. The van der Waals surface area contributed by atoms with Gasteiger partial charge in [-0.05, 0) is 12.0 Å². The number of thioether (sulfide) groups is 1. The van der Waals surface area contributed by atoms with Crippen molar-refractivity contribution < 1.29 is 19.6 Å². The molecule has 0 fully saturated rings. The van der Waals surface area contributed by atoms with Crippen molar-refractivity contribution >= 4 is 24.8 Å². The molecule has 11 heteroatoms. The van der Waals surface area contributed by atoms with Crippen LogP contribution in [0, 0.1) is 0 Å². The van der Waals surface area contributed by atoms with Crippen molar-refractivity contribution in [2.75, 3.05) is 12.3 Å². The van der Waals surface area contributed by atoms with Crippen LogP contribution in [-0.2, 0) is 30.1 Å². The minimum absolute atomic E-state index is 0.00130. The number of nitrogens with two attached hydrogens (primary N) is 1. The molecule has 144 valence electrons. The van der Waals surface area contributed by atoms with Crippen LogP contribution in [-0.4, -0.2) is 56.4 Å². The Balaban J connectivity index is 1.56. The largest absolute Gasteiger partial charge is 0.547 e. The topological polar surface area (TPSA) is 136 Å². The number of hydrogen-bond donors (Lipinski definition) is 4. The van der Waals surface area contributed by atoms with E-state index >= 15 is 0 Å². The molecule has 0 saturated carbocycles. The van der Waals surface area contributed by atoms with Crippen molar-refractivity contribution in [3.05, 3.63) is 41.2 Å². The minimum Gasteiger partial charge on any atom is -0.534 e. The van der Waals surface area contributed by atoms with E-state index in [9.17, 15) is 14.9 Å². The number of fused-ring (bicyclic) bond motifs is 1.